The standard InChI is InChI=1S/C18H29N3O/c1-4-16-7-5-6-8-17(16)19-18(22)21-13-11-20(12-14-21)10-9-15(2)3/h5-8,15H,4,9-14H2,1-3H3,(H,19,22). The molecule has 1 aliphatic rings. The molecule has 1 fully saturated rings. The van der Waals surface area contributed by atoms with Gasteiger partial charge in [0.1, 0.15) is 0 Å². The molecule has 0 bridgehead atoms. The number of nitrogens with one attached hydrogen (secondary N) is 1. The van der Waals surface area contributed by atoms with E-state index in [1.807, 2.05) is 23.1 Å². The van der Waals surface area contributed by atoms with E-state index in [1.165, 1.54) is 12.0 Å². The number of amides is 2. The van der Waals surface area contributed by atoms with E-state index in [-0.39, 0.29) is 6.03 Å². The summed E-state index contributed by atoms with van der Waals surface area (Å²) in [5.41, 5.74) is 2.13. The van der Waals surface area contributed by atoms with Crippen LogP contribution in [-0.2, 0) is 6.42 Å². The molecule has 0 unspecified atom stereocenters. The van der Waals surface area contributed by atoms with E-state index in [9.17, 15) is 4.79 Å². The fourth-order valence-electron chi connectivity index (χ4n) is 2.76. The van der Waals surface area contributed by atoms with Crippen molar-refractivity contribution < 1.29 is 4.79 Å². The molecule has 1 aromatic rings. The van der Waals surface area contributed by atoms with Crippen molar-refractivity contribution >= 4 is 11.7 Å². The molecule has 0 saturated carbocycles. The molecule has 0 spiro atoms. The summed E-state index contributed by atoms with van der Waals surface area (Å²) in [5, 5.41) is 3.06. The quantitative estimate of drug-likeness (QED) is 0.904. The Morgan fingerprint density at radius 1 is 1.18 bits per heavy atom. The normalized spacial score (nSPS) is 16.1. The molecule has 0 aliphatic carbocycles. The largest absolute Gasteiger partial charge is 0.322 e. The number of nitrogens with zero attached hydrogens (tertiary/aromatic N) is 2. The van der Waals surface area contributed by atoms with Crippen LogP contribution in [0, 0.1) is 5.92 Å². The molecule has 1 N–H and O–H groups in total. The number of para-hydroxylation sites is 1. The number of aryl methyl sites for hydroxylation is 1. The highest BCUT2D eigenvalue weighted by Gasteiger charge is 2.21. The second-order valence-electron chi connectivity index (χ2n) is 6.45. The first-order chi connectivity index (χ1) is 10.6. The molecule has 1 saturated heterocycles. The summed E-state index contributed by atoms with van der Waals surface area (Å²) >= 11 is 0. The Kier molecular flexibility index (Phi) is 6.25. The highest BCUT2D eigenvalue weighted by Crippen LogP contribution is 2.16. The van der Waals surface area contributed by atoms with E-state index in [0.717, 1.165) is 50.7 Å². The van der Waals surface area contributed by atoms with Crippen molar-refractivity contribution in [3.8, 4) is 0 Å². The molecule has 0 atom stereocenters. The molecule has 2 amide bonds. The second kappa shape index (κ2) is 8.18. The molecule has 1 aliphatic heterocycles. The molecule has 0 aromatic heterocycles. The van der Waals surface area contributed by atoms with Gasteiger partial charge >= 0.3 is 6.03 Å². The van der Waals surface area contributed by atoms with Gasteiger partial charge < -0.3 is 10.2 Å². The highest BCUT2D eigenvalue weighted by atomic mass is 16.2. The fraction of sp³-hybridized carbons (Fsp3) is 0.611. The summed E-state index contributed by atoms with van der Waals surface area (Å²) in [7, 11) is 0. The predicted octanol–water partition coefficient (Wildman–Crippen LogP) is 3.44. The van der Waals surface area contributed by atoms with Crippen LogP contribution in [0.1, 0.15) is 32.8 Å². The van der Waals surface area contributed by atoms with E-state index in [0.29, 0.717) is 0 Å². The van der Waals surface area contributed by atoms with Gasteiger partial charge in [0, 0.05) is 31.9 Å². The number of urea groups is 1. The van der Waals surface area contributed by atoms with Crippen molar-refractivity contribution in [1.82, 2.24) is 9.80 Å². The Morgan fingerprint density at radius 3 is 2.50 bits per heavy atom. The van der Waals surface area contributed by atoms with Crippen molar-refractivity contribution in [3.05, 3.63) is 29.8 Å². The van der Waals surface area contributed by atoms with Gasteiger partial charge in [-0.15, -0.1) is 0 Å². The van der Waals surface area contributed by atoms with Gasteiger partial charge in [-0.2, -0.15) is 0 Å². The number of hydrogen-bond acceptors (Lipinski definition) is 2. The van der Waals surface area contributed by atoms with E-state index in [1.54, 1.807) is 0 Å². The van der Waals surface area contributed by atoms with Crippen LogP contribution in [0.4, 0.5) is 10.5 Å². The van der Waals surface area contributed by atoms with E-state index >= 15 is 0 Å². The topological polar surface area (TPSA) is 35.6 Å². The molecule has 0 radical (unpaired) electrons. The summed E-state index contributed by atoms with van der Waals surface area (Å²) in [6, 6.07) is 8.07. The fourth-order valence-corrected chi connectivity index (χ4v) is 2.76. The minimum Gasteiger partial charge on any atom is -0.322 e. The van der Waals surface area contributed by atoms with Gasteiger partial charge in [-0.05, 0) is 36.9 Å². The molecular weight excluding hydrogens is 274 g/mol. The summed E-state index contributed by atoms with van der Waals surface area (Å²) in [5.74, 6) is 0.742. The maximum atomic E-state index is 12.4. The van der Waals surface area contributed by atoms with Crippen LogP contribution in [0.3, 0.4) is 0 Å². The summed E-state index contributed by atoms with van der Waals surface area (Å²) in [4.78, 5) is 16.8. The average Bonchev–Trinajstić information content (AvgIpc) is 2.54. The smallest absolute Gasteiger partial charge is 0.321 e. The van der Waals surface area contributed by atoms with Gasteiger partial charge in [0.25, 0.3) is 0 Å². The second-order valence-corrected chi connectivity index (χ2v) is 6.45. The number of hydrogen-bond donors (Lipinski definition) is 1. The lowest BCUT2D eigenvalue weighted by Gasteiger charge is -2.35. The zero-order chi connectivity index (χ0) is 15.9. The molecule has 4 heteroatoms. The molecule has 122 valence electrons. The van der Waals surface area contributed by atoms with Crippen molar-refractivity contribution in [3.63, 3.8) is 0 Å². The average molecular weight is 303 g/mol. The van der Waals surface area contributed by atoms with Crippen LogP contribution in [0.2, 0.25) is 0 Å². The van der Waals surface area contributed by atoms with Gasteiger partial charge in [-0.25, -0.2) is 4.79 Å². The lowest BCUT2D eigenvalue weighted by atomic mass is 10.1. The minimum atomic E-state index is 0.0319. The zero-order valence-electron chi connectivity index (χ0n) is 14.1. The van der Waals surface area contributed by atoms with Crippen LogP contribution in [0.15, 0.2) is 24.3 Å². The van der Waals surface area contributed by atoms with E-state index in [4.69, 9.17) is 0 Å². The summed E-state index contributed by atoms with van der Waals surface area (Å²) in [6.07, 6.45) is 2.16. The number of benzene rings is 1. The van der Waals surface area contributed by atoms with Gasteiger partial charge in [0.15, 0.2) is 0 Å². The molecule has 1 heterocycles. The van der Waals surface area contributed by atoms with Crippen LogP contribution >= 0.6 is 0 Å². The summed E-state index contributed by atoms with van der Waals surface area (Å²) in [6.45, 7) is 11.4. The Morgan fingerprint density at radius 2 is 1.86 bits per heavy atom. The molecule has 1 aromatic carbocycles. The highest BCUT2D eigenvalue weighted by molar-refractivity contribution is 5.90. The van der Waals surface area contributed by atoms with Crippen LogP contribution in [0.5, 0.6) is 0 Å². The number of carbonyl (C=O) groups excluding carboxylic acids is 1. The zero-order valence-corrected chi connectivity index (χ0v) is 14.1. The van der Waals surface area contributed by atoms with E-state index in [2.05, 4.69) is 37.1 Å². The lowest BCUT2D eigenvalue weighted by molar-refractivity contribution is 0.143. The van der Waals surface area contributed by atoms with Gasteiger partial charge in [0.2, 0.25) is 0 Å². The lowest BCUT2D eigenvalue weighted by Crippen LogP contribution is -2.50. The first kappa shape index (κ1) is 16.8. The van der Waals surface area contributed by atoms with Crippen LogP contribution in [-0.4, -0.2) is 48.6 Å². The molecule has 22 heavy (non-hydrogen) atoms. The minimum absolute atomic E-state index is 0.0319. The van der Waals surface area contributed by atoms with Crippen LogP contribution < -0.4 is 5.32 Å². The maximum absolute atomic E-state index is 12.4. The third-order valence-electron chi connectivity index (χ3n) is 4.32. The van der Waals surface area contributed by atoms with Crippen molar-refractivity contribution in [2.75, 3.05) is 38.0 Å². The number of rotatable bonds is 5. The van der Waals surface area contributed by atoms with Crippen molar-refractivity contribution in [2.24, 2.45) is 5.92 Å². The first-order valence-corrected chi connectivity index (χ1v) is 8.46. The predicted molar refractivity (Wildman–Crippen MR) is 92.3 cm³/mol. The maximum Gasteiger partial charge on any atom is 0.321 e. The van der Waals surface area contributed by atoms with Gasteiger partial charge in [-0.3, -0.25) is 4.90 Å². The molecule has 4 nitrogen and oxygen atoms in total. The molecular formula is C18H29N3O. The number of carbonyl (C=O) groups is 1. The Balaban J connectivity index is 1.82. The van der Waals surface area contributed by atoms with Gasteiger partial charge in [-0.1, -0.05) is 39.0 Å². The molecule has 2 rings (SSSR count). The Labute approximate surface area is 134 Å². The number of piperazine rings is 1. The van der Waals surface area contributed by atoms with E-state index < -0.39 is 0 Å². The SMILES string of the molecule is CCc1ccccc1NC(=O)N1CCN(CCC(C)C)CC1. The van der Waals surface area contributed by atoms with Crippen molar-refractivity contribution in [2.45, 2.75) is 33.6 Å². The van der Waals surface area contributed by atoms with Crippen LogP contribution in [0.25, 0.3) is 0 Å². The number of anilines is 1. The Bertz CT molecular complexity index is 479. The Hall–Kier alpha value is -1.55. The third-order valence-corrected chi connectivity index (χ3v) is 4.32. The first-order valence-electron chi connectivity index (χ1n) is 8.46. The van der Waals surface area contributed by atoms with Gasteiger partial charge in [0.05, 0.1) is 0 Å². The third kappa shape index (κ3) is 4.73. The summed E-state index contributed by atoms with van der Waals surface area (Å²) < 4.78 is 0. The van der Waals surface area contributed by atoms with Crippen molar-refractivity contribution in [1.29, 1.82) is 0 Å². The monoisotopic (exact) mass is 303 g/mol.